The molecule has 0 aliphatic heterocycles. The van der Waals surface area contributed by atoms with Gasteiger partial charge in [-0.15, -0.1) is 0 Å². The Balaban J connectivity index is 2.20. The molecule has 0 atom stereocenters. The first kappa shape index (κ1) is 15.4. The van der Waals surface area contributed by atoms with Crippen LogP contribution in [0.1, 0.15) is 41.6 Å². The molecule has 21 heavy (non-hydrogen) atoms. The van der Waals surface area contributed by atoms with Crippen LogP contribution in [0, 0.1) is 5.82 Å². The number of nitrogens with zero attached hydrogens (tertiary/aromatic N) is 1. The van der Waals surface area contributed by atoms with Gasteiger partial charge in [-0.3, -0.25) is 9.69 Å². The van der Waals surface area contributed by atoms with E-state index in [1.165, 1.54) is 12.1 Å². The minimum Gasteiger partial charge on any atom is -0.478 e. The van der Waals surface area contributed by atoms with Crippen LogP contribution in [0.15, 0.2) is 18.2 Å². The molecule has 0 radical (unpaired) electrons. The van der Waals surface area contributed by atoms with Crippen molar-refractivity contribution in [1.29, 1.82) is 0 Å². The van der Waals surface area contributed by atoms with Gasteiger partial charge in [-0.1, -0.05) is 12.8 Å². The summed E-state index contributed by atoms with van der Waals surface area (Å²) in [5, 5.41) is 8.98. The zero-order valence-electron chi connectivity index (χ0n) is 11.7. The largest absolute Gasteiger partial charge is 0.478 e. The van der Waals surface area contributed by atoms with E-state index in [0.717, 1.165) is 31.7 Å². The molecule has 0 unspecified atom stereocenters. The van der Waals surface area contributed by atoms with Gasteiger partial charge in [-0.05, 0) is 31.0 Å². The van der Waals surface area contributed by atoms with E-state index in [9.17, 15) is 14.0 Å². The van der Waals surface area contributed by atoms with Crippen LogP contribution in [0.3, 0.4) is 0 Å². The first-order valence-electron chi connectivity index (χ1n) is 7.01. The van der Waals surface area contributed by atoms with E-state index in [1.54, 1.807) is 0 Å². The lowest BCUT2D eigenvalue weighted by Crippen LogP contribution is -2.39. The van der Waals surface area contributed by atoms with E-state index < -0.39 is 17.7 Å². The number of hydrogen-bond acceptors (Lipinski definition) is 3. The van der Waals surface area contributed by atoms with Crippen molar-refractivity contribution in [3.8, 4) is 0 Å². The van der Waals surface area contributed by atoms with Gasteiger partial charge in [-0.25, -0.2) is 9.18 Å². The van der Waals surface area contributed by atoms with Crippen molar-refractivity contribution in [3.63, 3.8) is 0 Å². The Bertz CT molecular complexity index is 542. The van der Waals surface area contributed by atoms with Crippen LogP contribution in [0.4, 0.5) is 4.39 Å². The second-order valence-electron chi connectivity index (χ2n) is 5.42. The first-order chi connectivity index (χ1) is 9.97. The molecule has 1 aromatic rings. The van der Waals surface area contributed by atoms with Crippen molar-refractivity contribution >= 4 is 11.9 Å². The fourth-order valence-electron chi connectivity index (χ4n) is 2.83. The van der Waals surface area contributed by atoms with E-state index in [2.05, 4.69) is 0 Å². The summed E-state index contributed by atoms with van der Waals surface area (Å²) in [5.74, 6) is -2.03. The molecule has 114 valence electrons. The molecular formula is C15H19FN2O3. The summed E-state index contributed by atoms with van der Waals surface area (Å²) in [7, 11) is 0. The number of nitrogens with two attached hydrogens (primary N) is 1. The lowest BCUT2D eigenvalue weighted by molar-refractivity contribution is -0.119. The van der Waals surface area contributed by atoms with Gasteiger partial charge in [0.1, 0.15) is 5.82 Å². The highest BCUT2D eigenvalue weighted by Crippen LogP contribution is 2.25. The third-order valence-electron chi connectivity index (χ3n) is 3.87. The first-order valence-corrected chi connectivity index (χ1v) is 7.01. The van der Waals surface area contributed by atoms with Crippen LogP contribution < -0.4 is 5.73 Å². The molecule has 3 N–H and O–H groups in total. The number of amides is 1. The molecule has 1 fully saturated rings. The Kier molecular flexibility index (Phi) is 4.90. The summed E-state index contributed by atoms with van der Waals surface area (Å²) in [6.45, 7) is 0.252. The zero-order valence-corrected chi connectivity index (χ0v) is 11.7. The fourth-order valence-corrected chi connectivity index (χ4v) is 2.83. The highest BCUT2D eigenvalue weighted by Gasteiger charge is 2.25. The van der Waals surface area contributed by atoms with E-state index in [4.69, 9.17) is 10.8 Å². The number of benzene rings is 1. The Morgan fingerprint density at radius 3 is 2.57 bits per heavy atom. The number of aromatic carboxylic acids is 1. The third-order valence-corrected chi connectivity index (χ3v) is 3.87. The summed E-state index contributed by atoms with van der Waals surface area (Å²) in [4.78, 5) is 24.0. The van der Waals surface area contributed by atoms with Crippen molar-refractivity contribution in [2.45, 2.75) is 38.3 Å². The molecule has 2 rings (SSSR count). The second-order valence-corrected chi connectivity index (χ2v) is 5.42. The van der Waals surface area contributed by atoms with Gasteiger partial charge in [0.2, 0.25) is 5.91 Å². The molecule has 1 saturated carbocycles. The van der Waals surface area contributed by atoms with Gasteiger partial charge in [0.05, 0.1) is 12.1 Å². The molecule has 0 saturated heterocycles. The number of hydrogen-bond donors (Lipinski definition) is 2. The molecular weight excluding hydrogens is 275 g/mol. The van der Waals surface area contributed by atoms with Gasteiger partial charge in [0, 0.05) is 18.2 Å². The predicted molar refractivity (Wildman–Crippen MR) is 75.2 cm³/mol. The quantitative estimate of drug-likeness (QED) is 0.837. The fraction of sp³-hybridized carbons (Fsp3) is 0.467. The molecule has 0 aromatic heterocycles. The van der Waals surface area contributed by atoms with Crippen molar-refractivity contribution in [2.75, 3.05) is 6.54 Å². The maximum atomic E-state index is 13.9. The maximum absolute atomic E-state index is 13.9. The normalized spacial score (nSPS) is 15.5. The van der Waals surface area contributed by atoms with E-state index >= 15 is 0 Å². The summed E-state index contributed by atoms with van der Waals surface area (Å²) in [6.07, 6.45) is 4.07. The van der Waals surface area contributed by atoms with Gasteiger partial charge in [0.15, 0.2) is 0 Å². The average molecular weight is 294 g/mol. The molecule has 0 heterocycles. The summed E-state index contributed by atoms with van der Waals surface area (Å²) >= 11 is 0. The number of carboxylic acid groups (broad SMARTS) is 1. The molecule has 0 bridgehead atoms. The Morgan fingerprint density at radius 2 is 2.00 bits per heavy atom. The molecule has 6 heteroatoms. The molecule has 1 aliphatic rings. The molecule has 5 nitrogen and oxygen atoms in total. The van der Waals surface area contributed by atoms with Crippen LogP contribution in [-0.2, 0) is 11.3 Å². The molecule has 1 aromatic carbocycles. The van der Waals surface area contributed by atoms with Crippen molar-refractivity contribution in [2.24, 2.45) is 5.73 Å². The van der Waals surface area contributed by atoms with Crippen LogP contribution in [0.25, 0.3) is 0 Å². The number of rotatable bonds is 6. The lowest BCUT2D eigenvalue weighted by Gasteiger charge is -2.27. The van der Waals surface area contributed by atoms with Crippen LogP contribution in [-0.4, -0.2) is 34.5 Å². The molecule has 1 amide bonds. The third kappa shape index (κ3) is 4.01. The minimum atomic E-state index is -1.10. The highest BCUT2D eigenvalue weighted by atomic mass is 19.1. The smallest absolute Gasteiger partial charge is 0.335 e. The van der Waals surface area contributed by atoms with Crippen molar-refractivity contribution in [3.05, 3.63) is 35.1 Å². The van der Waals surface area contributed by atoms with Crippen LogP contribution >= 0.6 is 0 Å². The highest BCUT2D eigenvalue weighted by molar-refractivity contribution is 5.87. The van der Waals surface area contributed by atoms with Crippen molar-refractivity contribution < 1.29 is 19.1 Å². The summed E-state index contributed by atoms with van der Waals surface area (Å²) < 4.78 is 13.9. The average Bonchev–Trinajstić information content (AvgIpc) is 2.93. The van der Waals surface area contributed by atoms with E-state index in [1.807, 2.05) is 4.90 Å². The van der Waals surface area contributed by atoms with E-state index in [-0.39, 0.29) is 30.3 Å². The molecule has 0 spiro atoms. The minimum absolute atomic E-state index is 0.0387. The van der Waals surface area contributed by atoms with Gasteiger partial charge < -0.3 is 10.8 Å². The monoisotopic (exact) mass is 294 g/mol. The summed E-state index contributed by atoms with van der Waals surface area (Å²) in [6, 6.07) is 3.90. The summed E-state index contributed by atoms with van der Waals surface area (Å²) in [5.41, 5.74) is 5.58. The van der Waals surface area contributed by atoms with Gasteiger partial charge in [-0.2, -0.15) is 0 Å². The number of carboxylic acids is 1. The number of halogens is 1. The number of primary amides is 1. The number of carbonyl (C=O) groups is 2. The molecule has 1 aliphatic carbocycles. The van der Waals surface area contributed by atoms with Gasteiger partial charge >= 0.3 is 5.97 Å². The zero-order chi connectivity index (χ0) is 15.4. The topological polar surface area (TPSA) is 83.6 Å². The lowest BCUT2D eigenvalue weighted by atomic mass is 10.1. The van der Waals surface area contributed by atoms with Crippen molar-refractivity contribution in [1.82, 2.24) is 4.90 Å². The Hall–Kier alpha value is -1.95. The maximum Gasteiger partial charge on any atom is 0.335 e. The Morgan fingerprint density at radius 1 is 1.33 bits per heavy atom. The second kappa shape index (κ2) is 6.67. The standard InChI is InChI=1S/C15H19FN2O3/c16-13-6-5-10(15(20)21)7-11(13)8-18(9-14(17)19)12-3-1-2-4-12/h5-7,12H,1-4,8-9H2,(H2,17,19)(H,20,21). The van der Waals surface area contributed by atoms with Crippen LogP contribution in [0.5, 0.6) is 0 Å². The van der Waals surface area contributed by atoms with E-state index in [0.29, 0.717) is 0 Å². The number of carbonyl (C=O) groups excluding carboxylic acids is 1. The van der Waals surface area contributed by atoms with Gasteiger partial charge in [0.25, 0.3) is 0 Å². The van der Waals surface area contributed by atoms with Crippen LogP contribution in [0.2, 0.25) is 0 Å². The predicted octanol–water partition coefficient (Wildman–Crippen LogP) is 1.75. The Labute approximate surface area is 122 Å². The SMILES string of the molecule is NC(=O)CN(Cc1cc(C(=O)O)ccc1F)C1CCCC1.